The molecular weight excluding hydrogens is 234 g/mol. The van der Waals surface area contributed by atoms with Gasteiger partial charge in [0.05, 0.1) is 0 Å². The van der Waals surface area contributed by atoms with Gasteiger partial charge in [0, 0.05) is 17.4 Å². The van der Waals surface area contributed by atoms with Gasteiger partial charge in [0.2, 0.25) is 4.96 Å². The Bertz CT molecular complexity index is 558. The summed E-state index contributed by atoms with van der Waals surface area (Å²) in [5.74, 6) is 0.919. The molecule has 6 heteroatoms. The number of aromatic nitrogens is 4. The second-order valence-corrected chi connectivity index (χ2v) is 6.82. The van der Waals surface area contributed by atoms with E-state index in [1.165, 1.54) is 0 Å². The van der Waals surface area contributed by atoms with Crippen LogP contribution in [0.3, 0.4) is 0 Å². The minimum atomic E-state index is -0.0375. The lowest BCUT2D eigenvalue weighted by molar-refractivity contribution is 0.524. The van der Waals surface area contributed by atoms with Crippen LogP contribution in [0.25, 0.3) is 4.96 Å². The molecule has 0 unspecified atom stereocenters. The highest BCUT2D eigenvalue weighted by Crippen LogP contribution is 2.48. The maximum absolute atomic E-state index is 5.84. The summed E-state index contributed by atoms with van der Waals surface area (Å²) in [5, 5.41) is 14.2. The van der Waals surface area contributed by atoms with Crippen LogP contribution in [-0.4, -0.2) is 26.4 Å². The highest BCUT2D eigenvalue weighted by molar-refractivity contribution is 7.16. The molecule has 0 saturated heterocycles. The molecule has 0 spiro atoms. The highest BCUT2D eigenvalue weighted by Gasteiger charge is 2.46. The highest BCUT2D eigenvalue weighted by atomic mass is 32.1. The average Bonchev–Trinajstić information content (AvgIpc) is 2.75. The Morgan fingerprint density at radius 2 is 2.06 bits per heavy atom. The minimum absolute atomic E-state index is 0.0375. The first-order valence-electron chi connectivity index (χ1n) is 5.90. The van der Waals surface area contributed by atoms with Crippen LogP contribution in [0.4, 0.5) is 0 Å². The maximum atomic E-state index is 5.84. The molecule has 2 heterocycles. The summed E-state index contributed by atoms with van der Waals surface area (Å²) < 4.78 is 1.88. The first-order chi connectivity index (χ1) is 7.96. The molecule has 2 aromatic rings. The average molecular weight is 251 g/mol. The van der Waals surface area contributed by atoms with E-state index in [2.05, 4.69) is 36.1 Å². The first kappa shape index (κ1) is 11.1. The fourth-order valence-corrected chi connectivity index (χ4v) is 3.05. The number of nitrogens with two attached hydrogens (primary N) is 1. The van der Waals surface area contributed by atoms with Gasteiger partial charge < -0.3 is 5.73 Å². The van der Waals surface area contributed by atoms with Crippen molar-refractivity contribution in [3.05, 3.63) is 10.8 Å². The van der Waals surface area contributed by atoms with Crippen molar-refractivity contribution in [1.82, 2.24) is 19.8 Å². The Morgan fingerprint density at radius 1 is 1.35 bits per heavy atom. The topological polar surface area (TPSA) is 69.1 Å². The molecule has 0 aromatic carbocycles. The molecule has 1 fully saturated rings. The van der Waals surface area contributed by atoms with Crippen molar-refractivity contribution in [3.63, 3.8) is 0 Å². The molecular formula is C11H17N5S. The lowest BCUT2D eigenvalue weighted by Gasteiger charge is -2.14. The van der Waals surface area contributed by atoms with Gasteiger partial charge in [-0.3, -0.25) is 0 Å². The van der Waals surface area contributed by atoms with E-state index in [4.69, 9.17) is 5.73 Å². The summed E-state index contributed by atoms with van der Waals surface area (Å²) >= 11 is 1.63. The normalized spacial score (nSPS) is 18.8. The van der Waals surface area contributed by atoms with Gasteiger partial charge in [-0.05, 0) is 12.8 Å². The fraction of sp³-hybridized carbons (Fsp3) is 0.727. The van der Waals surface area contributed by atoms with Gasteiger partial charge in [-0.1, -0.05) is 32.1 Å². The smallest absolute Gasteiger partial charge is 0.234 e. The van der Waals surface area contributed by atoms with Gasteiger partial charge in [0.25, 0.3) is 0 Å². The van der Waals surface area contributed by atoms with Gasteiger partial charge in [-0.15, -0.1) is 10.2 Å². The third-order valence-corrected chi connectivity index (χ3v) is 4.50. The molecule has 3 rings (SSSR count). The van der Waals surface area contributed by atoms with Crippen molar-refractivity contribution >= 4 is 16.3 Å². The lowest BCUT2D eigenvalue weighted by Crippen LogP contribution is -2.21. The van der Waals surface area contributed by atoms with Crippen LogP contribution < -0.4 is 5.73 Å². The zero-order valence-corrected chi connectivity index (χ0v) is 11.2. The number of fused-ring (bicyclic) bond motifs is 1. The van der Waals surface area contributed by atoms with E-state index in [-0.39, 0.29) is 10.8 Å². The molecule has 1 aliphatic carbocycles. The molecule has 0 bridgehead atoms. The molecule has 92 valence electrons. The zero-order chi connectivity index (χ0) is 12.3. The summed E-state index contributed by atoms with van der Waals surface area (Å²) in [6.45, 7) is 7.05. The van der Waals surface area contributed by atoms with Crippen molar-refractivity contribution in [2.45, 2.75) is 44.4 Å². The Labute approximate surface area is 104 Å². The van der Waals surface area contributed by atoms with E-state index >= 15 is 0 Å². The Kier molecular flexibility index (Phi) is 2.13. The van der Waals surface area contributed by atoms with Crippen molar-refractivity contribution in [2.75, 3.05) is 6.54 Å². The van der Waals surface area contributed by atoms with E-state index in [9.17, 15) is 0 Å². The van der Waals surface area contributed by atoms with E-state index in [0.717, 1.165) is 28.6 Å². The number of hydrogen-bond acceptors (Lipinski definition) is 5. The second-order valence-electron chi connectivity index (χ2n) is 5.86. The van der Waals surface area contributed by atoms with Crippen molar-refractivity contribution in [3.8, 4) is 0 Å². The SMILES string of the molecule is CC(C)(C)c1nnc2sc(C3(CN)CC3)nn12. The molecule has 17 heavy (non-hydrogen) atoms. The van der Waals surface area contributed by atoms with E-state index in [0.29, 0.717) is 6.54 Å². The van der Waals surface area contributed by atoms with Crippen LogP contribution in [0.1, 0.15) is 44.4 Å². The number of nitrogens with zero attached hydrogens (tertiary/aromatic N) is 4. The number of hydrogen-bond donors (Lipinski definition) is 1. The molecule has 0 atom stereocenters. The van der Waals surface area contributed by atoms with Crippen molar-refractivity contribution < 1.29 is 0 Å². The van der Waals surface area contributed by atoms with E-state index in [1.54, 1.807) is 11.3 Å². The summed E-state index contributed by atoms with van der Waals surface area (Å²) in [7, 11) is 0. The second kappa shape index (κ2) is 3.26. The molecule has 1 saturated carbocycles. The number of rotatable bonds is 2. The molecule has 0 aliphatic heterocycles. The van der Waals surface area contributed by atoms with Gasteiger partial charge in [0.1, 0.15) is 5.01 Å². The van der Waals surface area contributed by atoms with Crippen LogP contribution in [0.15, 0.2) is 0 Å². The Balaban J connectivity index is 2.12. The quantitative estimate of drug-likeness (QED) is 0.877. The zero-order valence-electron chi connectivity index (χ0n) is 10.4. The van der Waals surface area contributed by atoms with Gasteiger partial charge in [-0.25, -0.2) is 0 Å². The van der Waals surface area contributed by atoms with Crippen molar-refractivity contribution in [1.29, 1.82) is 0 Å². The van der Waals surface area contributed by atoms with Crippen LogP contribution in [0, 0.1) is 0 Å². The summed E-state index contributed by atoms with van der Waals surface area (Å²) in [6.07, 6.45) is 2.30. The van der Waals surface area contributed by atoms with Crippen LogP contribution in [-0.2, 0) is 10.8 Å². The van der Waals surface area contributed by atoms with Gasteiger partial charge in [0.15, 0.2) is 5.82 Å². The first-order valence-corrected chi connectivity index (χ1v) is 6.71. The predicted molar refractivity (Wildman–Crippen MR) is 67.3 cm³/mol. The van der Waals surface area contributed by atoms with Gasteiger partial charge >= 0.3 is 0 Å². The van der Waals surface area contributed by atoms with Crippen LogP contribution in [0.5, 0.6) is 0 Å². The van der Waals surface area contributed by atoms with E-state index in [1.807, 2.05) is 4.52 Å². The predicted octanol–water partition coefficient (Wildman–Crippen LogP) is 1.47. The van der Waals surface area contributed by atoms with Crippen LogP contribution in [0.2, 0.25) is 0 Å². The van der Waals surface area contributed by atoms with Gasteiger partial charge in [-0.2, -0.15) is 9.61 Å². The fourth-order valence-electron chi connectivity index (χ4n) is 1.96. The molecule has 0 amide bonds. The van der Waals surface area contributed by atoms with Crippen LogP contribution >= 0.6 is 11.3 Å². The summed E-state index contributed by atoms with van der Waals surface area (Å²) in [4.78, 5) is 0.879. The lowest BCUT2D eigenvalue weighted by atomic mass is 9.96. The monoisotopic (exact) mass is 251 g/mol. The Morgan fingerprint density at radius 3 is 2.59 bits per heavy atom. The third kappa shape index (κ3) is 1.58. The third-order valence-electron chi connectivity index (χ3n) is 3.36. The standard InChI is InChI=1S/C11H17N5S/c1-10(2,3)7-13-14-9-16(7)15-8(17-9)11(6-12)4-5-11/h4-6,12H2,1-3H3. The molecule has 1 aliphatic rings. The molecule has 5 nitrogen and oxygen atoms in total. The molecule has 2 N–H and O–H groups in total. The Hall–Kier alpha value is -1.01. The van der Waals surface area contributed by atoms with E-state index < -0.39 is 0 Å². The largest absolute Gasteiger partial charge is 0.329 e. The molecule has 2 aromatic heterocycles. The summed E-state index contributed by atoms with van der Waals surface area (Å²) in [6, 6.07) is 0. The summed E-state index contributed by atoms with van der Waals surface area (Å²) in [5.41, 5.74) is 5.94. The molecule has 0 radical (unpaired) electrons. The maximum Gasteiger partial charge on any atom is 0.234 e. The van der Waals surface area contributed by atoms with Crippen molar-refractivity contribution in [2.24, 2.45) is 5.73 Å². The minimum Gasteiger partial charge on any atom is -0.329 e.